The van der Waals surface area contributed by atoms with Crippen LogP contribution >= 0.6 is 0 Å². The van der Waals surface area contributed by atoms with Crippen LogP contribution in [0.25, 0.3) is 0 Å². The van der Waals surface area contributed by atoms with Crippen LogP contribution < -0.4 is 0 Å². The fraction of sp³-hybridized carbons (Fsp3) is 0.545. The van der Waals surface area contributed by atoms with Crippen molar-refractivity contribution in [2.45, 2.75) is 25.9 Å². The number of pyridine rings is 1. The molecule has 1 rings (SSSR count). The summed E-state index contributed by atoms with van der Waals surface area (Å²) in [5.74, 6) is 0. The van der Waals surface area contributed by atoms with Crippen LogP contribution in [0.2, 0.25) is 0 Å². The number of nitrogens with zero attached hydrogens (tertiary/aromatic N) is 1. The zero-order valence-corrected chi connectivity index (χ0v) is 8.35. The molecular formula is C11H17NO2. The van der Waals surface area contributed by atoms with Crippen molar-refractivity contribution >= 4 is 0 Å². The first kappa shape index (κ1) is 11.1. The lowest BCUT2D eigenvalue weighted by Crippen LogP contribution is -1.97. The van der Waals surface area contributed by atoms with E-state index >= 15 is 0 Å². The second-order valence-electron chi connectivity index (χ2n) is 3.16. The summed E-state index contributed by atoms with van der Waals surface area (Å²) in [5, 5.41) is 8.55. The van der Waals surface area contributed by atoms with Gasteiger partial charge in [0.2, 0.25) is 0 Å². The van der Waals surface area contributed by atoms with Gasteiger partial charge in [0.05, 0.1) is 12.3 Å². The van der Waals surface area contributed by atoms with Crippen LogP contribution in [0.1, 0.15) is 25.0 Å². The van der Waals surface area contributed by atoms with Crippen molar-refractivity contribution in [3.63, 3.8) is 0 Å². The van der Waals surface area contributed by atoms with Gasteiger partial charge in [0.25, 0.3) is 0 Å². The molecule has 0 saturated carbocycles. The van der Waals surface area contributed by atoms with E-state index in [4.69, 9.17) is 9.84 Å². The molecule has 0 aliphatic carbocycles. The van der Waals surface area contributed by atoms with Crippen LogP contribution in [-0.4, -0.2) is 23.3 Å². The van der Waals surface area contributed by atoms with E-state index in [0.717, 1.165) is 31.6 Å². The zero-order valence-electron chi connectivity index (χ0n) is 8.35. The lowest BCUT2D eigenvalue weighted by molar-refractivity contribution is 0.113. The molecule has 1 heterocycles. The molecule has 0 amide bonds. The second-order valence-corrected chi connectivity index (χ2v) is 3.16. The Morgan fingerprint density at radius 1 is 1.21 bits per heavy atom. The van der Waals surface area contributed by atoms with Gasteiger partial charge in [-0.15, -0.1) is 0 Å². The maximum atomic E-state index is 8.55. The highest BCUT2D eigenvalue weighted by Crippen LogP contribution is 1.99. The van der Waals surface area contributed by atoms with E-state index in [9.17, 15) is 0 Å². The fourth-order valence-corrected chi connectivity index (χ4v) is 1.15. The zero-order chi connectivity index (χ0) is 10.1. The molecule has 0 atom stereocenters. The topological polar surface area (TPSA) is 42.4 Å². The van der Waals surface area contributed by atoms with Crippen LogP contribution in [0, 0.1) is 0 Å². The Balaban J connectivity index is 1.99. The van der Waals surface area contributed by atoms with E-state index in [-0.39, 0.29) is 6.61 Å². The van der Waals surface area contributed by atoms with Crippen molar-refractivity contribution in [1.82, 2.24) is 4.98 Å². The predicted molar refractivity (Wildman–Crippen MR) is 54.8 cm³/mol. The Morgan fingerprint density at radius 2 is 2.14 bits per heavy atom. The average Bonchev–Trinajstić information content (AvgIpc) is 2.25. The molecule has 3 heteroatoms. The average molecular weight is 195 g/mol. The van der Waals surface area contributed by atoms with E-state index in [1.807, 2.05) is 18.2 Å². The van der Waals surface area contributed by atoms with Gasteiger partial charge in [-0.05, 0) is 31.4 Å². The molecule has 0 unspecified atom stereocenters. The maximum absolute atomic E-state index is 8.55. The first-order valence-corrected chi connectivity index (χ1v) is 5.02. The highest BCUT2D eigenvalue weighted by Gasteiger charge is 1.93. The first-order chi connectivity index (χ1) is 6.93. The van der Waals surface area contributed by atoms with Crippen molar-refractivity contribution in [3.05, 3.63) is 30.1 Å². The summed E-state index contributed by atoms with van der Waals surface area (Å²) in [5.41, 5.74) is 0.967. The molecule has 0 aliphatic heterocycles. The third kappa shape index (κ3) is 4.94. The SMILES string of the molecule is OCCCCCOCc1ccccn1. The smallest absolute Gasteiger partial charge is 0.0887 e. The molecule has 0 aliphatic rings. The molecule has 1 aromatic heterocycles. The van der Waals surface area contributed by atoms with Gasteiger partial charge >= 0.3 is 0 Å². The molecule has 14 heavy (non-hydrogen) atoms. The third-order valence-electron chi connectivity index (χ3n) is 1.92. The van der Waals surface area contributed by atoms with Gasteiger partial charge in [-0.3, -0.25) is 4.98 Å². The summed E-state index contributed by atoms with van der Waals surface area (Å²) in [6.07, 6.45) is 4.67. The van der Waals surface area contributed by atoms with Crippen molar-refractivity contribution in [2.75, 3.05) is 13.2 Å². The number of hydrogen-bond donors (Lipinski definition) is 1. The highest BCUT2D eigenvalue weighted by molar-refractivity contribution is 5.01. The molecular weight excluding hydrogens is 178 g/mol. The summed E-state index contributed by atoms with van der Waals surface area (Å²) < 4.78 is 5.42. The summed E-state index contributed by atoms with van der Waals surface area (Å²) in [4.78, 5) is 4.15. The van der Waals surface area contributed by atoms with Crippen molar-refractivity contribution in [3.8, 4) is 0 Å². The van der Waals surface area contributed by atoms with E-state index in [0.29, 0.717) is 6.61 Å². The molecule has 0 aromatic carbocycles. The molecule has 0 bridgehead atoms. The highest BCUT2D eigenvalue weighted by atomic mass is 16.5. The van der Waals surface area contributed by atoms with Crippen molar-refractivity contribution < 1.29 is 9.84 Å². The Hall–Kier alpha value is -0.930. The van der Waals surface area contributed by atoms with Gasteiger partial charge in [-0.1, -0.05) is 6.07 Å². The Bertz CT molecular complexity index is 226. The van der Waals surface area contributed by atoms with E-state index in [2.05, 4.69) is 4.98 Å². The van der Waals surface area contributed by atoms with E-state index < -0.39 is 0 Å². The first-order valence-electron chi connectivity index (χ1n) is 5.02. The quantitative estimate of drug-likeness (QED) is 0.674. The largest absolute Gasteiger partial charge is 0.396 e. The van der Waals surface area contributed by atoms with Gasteiger partial charge in [0, 0.05) is 19.4 Å². The van der Waals surface area contributed by atoms with Gasteiger partial charge in [0.15, 0.2) is 0 Å². The van der Waals surface area contributed by atoms with E-state index in [1.165, 1.54) is 0 Å². The van der Waals surface area contributed by atoms with Crippen molar-refractivity contribution in [2.24, 2.45) is 0 Å². The third-order valence-corrected chi connectivity index (χ3v) is 1.92. The number of aromatic nitrogens is 1. The normalized spacial score (nSPS) is 10.4. The molecule has 0 radical (unpaired) electrons. The molecule has 3 nitrogen and oxygen atoms in total. The van der Waals surface area contributed by atoms with Gasteiger partial charge in [-0.25, -0.2) is 0 Å². The van der Waals surface area contributed by atoms with Crippen LogP contribution in [0.15, 0.2) is 24.4 Å². The van der Waals surface area contributed by atoms with Crippen molar-refractivity contribution in [1.29, 1.82) is 0 Å². The molecule has 0 spiro atoms. The number of unbranched alkanes of at least 4 members (excludes halogenated alkanes) is 2. The summed E-state index contributed by atoms with van der Waals surface area (Å²) in [6.45, 7) is 1.61. The minimum absolute atomic E-state index is 0.278. The summed E-state index contributed by atoms with van der Waals surface area (Å²) >= 11 is 0. The monoisotopic (exact) mass is 195 g/mol. The number of aliphatic hydroxyl groups is 1. The van der Waals surface area contributed by atoms with Gasteiger partial charge < -0.3 is 9.84 Å². The molecule has 1 aromatic rings. The molecule has 0 fully saturated rings. The van der Waals surface area contributed by atoms with Gasteiger partial charge in [-0.2, -0.15) is 0 Å². The lowest BCUT2D eigenvalue weighted by Gasteiger charge is -2.02. The number of hydrogen-bond acceptors (Lipinski definition) is 3. The number of ether oxygens (including phenoxy) is 1. The standard InChI is InChI=1S/C11H17NO2/c13-8-4-1-5-9-14-10-11-6-2-3-7-12-11/h2-3,6-7,13H,1,4-5,8-10H2. The Labute approximate surface area is 84.7 Å². The fourth-order valence-electron chi connectivity index (χ4n) is 1.15. The molecule has 78 valence electrons. The Morgan fingerprint density at radius 3 is 2.86 bits per heavy atom. The van der Waals surface area contributed by atoms with Crippen LogP contribution in [0.3, 0.4) is 0 Å². The van der Waals surface area contributed by atoms with Crippen LogP contribution in [0.4, 0.5) is 0 Å². The van der Waals surface area contributed by atoms with Crippen LogP contribution in [0.5, 0.6) is 0 Å². The minimum Gasteiger partial charge on any atom is -0.396 e. The van der Waals surface area contributed by atoms with Crippen LogP contribution in [-0.2, 0) is 11.3 Å². The minimum atomic E-state index is 0.278. The van der Waals surface area contributed by atoms with Gasteiger partial charge in [0.1, 0.15) is 0 Å². The van der Waals surface area contributed by atoms with E-state index in [1.54, 1.807) is 6.20 Å². The molecule has 1 N–H and O–H groups in total. The molecule has 0 saturated heterocycles. The Kier molecular flexibility index (Phi) is 5.95. The second kappa shape index (κ2) is 7.47. The lowest BCUT2D eigenvalue weighted by atomic mass is 10.2. The summed E-state index contributed by atoms with van der Waals surface area (Å²) in [6, 6.07) is 5.80. The number of aliphatic hydroxyl groups excluding tert-OH is 1. The number of rotatable bonds is 7. The summed E-state index contributed by atoms with van der Waals surface area (Å²) in [7, 11) is 0. The predicted octanol–water partition coefficient (Wildman–Crippen LogP) is 1.76. The maximum Gasteiger partial charge on any atom is 0.0887 e.